The first-order valence-electron chi connectivity index (χ1n) is 8.72. The fourth-order valence-corrected chi connectivity index (χ4v) is 4.19. The van der Waals surface area contributed by atoms with Crippen LogP contribution in [0, 0.1) is 0 Å². The number of hydrogen-bond acceptors (Lipinski definition) is 7. The monoisotopic (exact) mass is 424 g/mol. The number of rotatable bonds is 4. The zero-order chi connectivity index (χ0) is 21.5. The second kappa shape index (κ2) is 7.16. The molecule has 0 unspecified atom stereocenters. The van der Waals surface area contributed by atoms with Gasteiger partial charge in [-0.05, 0) is 53.2 Å². The number of carbonyl (C=O) groups is 1. The fourth-order valence-electron chi connectivity index (χ4n) is 3.14. The first-order chi connectivity index (χ1) is 14.3. The van der Waals surface area contributed by atoms with Crippen LogP contribution >= 0.6 is 0 Å². The van der Waals surface area contributed by atoms with Crippen LogP contribution in [0.4, 0.5) is 11.6 Å². The van der Waals surface area contributed by atoms with Crippen LogP contribution in [0.5, 0.6) is 0 Å². The Balaban J connectivity index is 1.75. The van der Waals surface area contributed by atoms with E-state index >= 15 is 0 Å². The normalized spacial score (nSPS) is 11.5. The highest BCUT2D eigenvalue weighted by atomic mass is 32.2. The average Bonchev–Trinajstić information content (AvgIpc) is 2.72. The standard InChI is InChI=1S/C20H16N4O5S/c1-29-19(26)12-3-7-14(8-4-12)30(27,28)24-13-6-2-11-5-9-16-17(15(11)10-13)18(25)23-20(21)22-16/h2-10,24H,1H3,(H3,21,22,23,25). The van der Waals surface area contributed by atoms with Gasteiger partial charge in [0.1, 0.15) is 0 Å². The van der Waals surface area contributed by atoms with Crippen molar-refractivity contribution in [3.8, 4) is 0 Å². The topological polar surface area (TPSA) is 144 Å². The largest absolute Gasteiger partial charge is 0.465 e. The van der Waals surface area contributed by atoms with Crippen LogP contribution in [0.25, 0.3) is 21.7 Å². The first kappa shape index (κ1) is 19.4. The number of H-pyrrole nitrogens is 1. The van der Waals surface area contributed by atoms with Crippen LogP contribution < -0.4 is 16.0 Å². The first-order valence-corrected chi connectivity index (χ1v) is 10.2. The molecular weight excluding hydrogens is 408 g/mol. The predicted molar refractivity (Wildman–Crippen MR) is 113 cm³/mol. The second-order valence-corrected chi connectivity index (χ2v) is 8.15. The highest BCUT2D eigenvalue weighted by Gasteiger charge is 2.16. The van der Waals surface area contributed by atoms with Gasteiger partial charge in [0.25, 0.3) is 15.6 Å². The lowest BCUT2D eigenvalue weighted by Gasteiger charge is -2.10. The Bertz CT molecular complexity index is 1460. The summed E-state index contributed by atoms with van der Waals surface area (Å²) in [7, 11) is -2.68. The molecule has 0 amide bonds. The van der Waals surface area contributed by atoms with Gasteiger partial charge < -0.3 is 10.5 Å². The van der Waals surface area contributed by atoms with E-state index in [1.54, 1.807) is 30.3 Å². The van der Waals surface area contributed by atoms with Crippen molar-refractivity contribution >= 4 is 49.3 Å². The lowest BCUT2D eigenvalue weighted by Crippen LogP contribution is -2.14. The van der Waals surface area contributed by atoms with Gasteiger partial charge in [-0.2, -0.15) is 0 Å². The van der Waals surface area contributed by atoms with E-state index in [9.17, 15) is 18.0 Å². The van der Waals surface area contributed by atoms with E-state index in [-0.39, 0.29) is 22.1 Å². The molecule has 0 radical (unpaired) electrons. The van der Waals surface area contributed by atoms with Gasteiger partial charge in [-0.25, -0.2) is 18.2 Å². The molecule has 0 spiro atoms. The molecule has 0 aliphatic heterocycles. The molecule has 4 rings (SSSR count). The number of fused-ring (bicyclic) bond motifs is 3. The van der Waals surface area contributed by atoms with Gasteiger partial charge in [-0.15, -0.1) is 0 Å². The number of anilines is 2. The summed E-state index contributed by atoms with van der Waals surface area (Å²) in [4.78, 5) is 30.4. The number of benzene rings is 3. The quantitative estimate of drug-likeness (QED) is 0.336. The van der Waals surface area contributed by atoms with E-state index in [0.29, 0.717) is 16.3 Å². The van der Waals surface area contributed by atoms with E-state index < -0.39 is 21.6 Å². The molecule has 0 bridgehead atoms. The van der Waals surface area contributed by atoms with E-state index in [1.807, 2.05) is 0 Å². The molecule has 4 N–H and O–H groups in total. The fraction of sp³-hybridized carbons (Fsp3) is 0.0500. The minimum atomic E-state index is -3.92. The van der Waals surface area contributed by atoms with Crippen molar-refractivity contribution < 1.29 is 17.9 Å². The van der Waals surface area contributed by atoms with Crippen LogP contribution in [0.1, 0.15) is 10.4 Å². The summed E-state index contributed by atoms with van der Waals surface area (Å²) >= 11 is 0. The minimum Gasteiger partial charge on any atom is -0.465 e. The predicted octanol–water partition coefficient (Wildman–Crippen LogP) is 2.25. The third kappa shape index (κ3) is 3.44. The number of methoxy groups -OCH3 is 1. The van der Waals surface area contributed by atoms with Crippen LogP contribution in [0.2, 0.25) is 0 Å². The maximum Gasteiger partial charge on any atom is 0.337 e. The SMILES string of the molecule is COC(=O)c1ccc(S(=O)(=O)Nc2ccc3ccc4nc(N)[nH]c(=O)c4c3c2)cc1. The molecule has 10 heteroatoms. The molecule has 0 atom stereocenters. The van der Waals surface area contributed by atoms with Crippen molar-refractivity contribution in [1.29, 1.82) is 0 Å². The summed E-state index contributed by atoms with van der Waals surface area (Å²) < 4.78 is 32.6. The molecule has 9 nitrogen and oxygen atoms in total. The Kier molecular flexibility index (Phi) is 4.63. The lowest BCUT2D eigenvalue weighted by atomic mass is 10.1. The molecule has 3 aromatic carbocycles. The molecular formula is C20H16N4O5S. The van der Waals surface area contributed by atoms with Crippen molar-refractivity contribution in [2.24, 2.45) is 0 Å². The number of hydrogen-bond donors (Lipinski definition) is 3. The third-order valence-corrected chi connectivity index (χ3v) is 5.94. The number of aromatic amines is 1. The van der Waals surface area contributed by atoms with Crippen LogP contribution in [0.15, 0.2) is 64.3 Å². The number of nitrogens with one attached hydrogen (secondary N) is 2. The van der Waals surface area contributed by atoms with Crippen LogP contribution in [0.3, 0.4) is 0 Å². The number of aromatic nitrogens is 2. The molecule has 0 saturated heterocycles. The van der Waals surface area contributed by atoms with Crippen molar-refractivity contribution in [3.05, 3.63) is 70.5 Å². The van der Waals surface area contributed by atoms with E-state index in [2.05, 4.69) is 19.4 Å². The Morgan fingerprint density at radius 2 is 1.80 bits per heavy atom. The molecule has 4 aromatic rings. The molecule has 152 valence electrons. The van der Waals surface area contributed by atoms with Gasteiger partial charge in [-0.3, -0.25) is 14.5 Å². The summed E-state index contributed by atoms with van der Waals surface area (Å²) in [6, 6.07) is 13.6. The smallest absolute Gasteiger partial charge is 0.337 e. The zero-order valence-corrected chi connectivity index (χ0v) is 16.5. The van der Waals surface area contributed by atoms with E-state index in [4.69, 9.17) is 5.73 Å². The van der Waals surface area contributed by atoms with Crippen molar-refractivity contribution in [2.45, 2.75) is 4.90 Å². The summed E-state index contributed by atoms with van der Waals surface area (Å²) in [6.07, 6.45) is 0. The Labute approximate surface area is 170 Å². The Morgan fingerprint density at radius 1 is 1.10 bits per heavy atom. The highest BCUT2D eigenvalue weighted by Crippen LogP contribution is 2.26. The van der Waals surface area contributed by atoms with Crippen molar-refractivity contribution in [2.75, 3.05) is 17.6 Å². The zero-order valence-electron chi connectivity index (χ0n) is 15.7. The Hall–Kier alpha value is -3.92. The summed E-state index contributed by atoms with van der Waals surface area (Å²) in [5.74, 6) is -0.563. The lowest BCUT2D eigenvalue weighted by molar-refractivity contribution is 0.0600. The summed E-state index contributed by atoms with van der Waals surface area (Å²) in [6.45, 7) is 0. The summed E-state index contributed by atoms with van der Waals surface area (Å²) in [5, 5.41) is 1.58. The van der Waals surface area contributed by atoms with Gasteiger partial charge in [0.15, 0.2) is 0 Å². The van der Waals surface area contributed by atoms with Crippen LogP contribution in [-0.2, 0) is 14.8 Å². The number of nitrogens with zero attached hydrogens (tertiary/aromatic N) is 1. The number of ether oxygens (including phenoxy) is 1. The molecule has 0 saturated carbocycles. The molecule has 1 aromatic heterocycles. The number of esters is 1. The van der Waals surface area contributed by atoms with E-state index in [0.717, 1.165) is 5.39 Å². The number of sulfonamides is 1. The van der Waals surface area contributed by atoms with Gasteiger partial charge in [0, 0.05) is 5.69 Å². The number of carbonyl (C=O) groups excluding carboxylic acids is 1. The molecule has 0 fully saturated rings. The highest BCUT2D eigenvalue weighted by molar-refractivity contribution is 7.92. The van der Waals surface area contributed by atoms with Gasteiger partial charge >= 0.3 is 5.97 Å². The summed E-state index contributed by atoms with van der Waals surface area (Å²) in [5.41, 5.74) is 6.09. The van der Waals surface area contributed by atoms with Gasteiger partial charge in [0.2, 0.25) is 5.95 Å². The van der Waals surface area contributed by atoms with E-state index in [1.165, 1.54) is 31.4 Å². The van der Waals surface area contributed by atoms with Crippen LogP contribution in [-0.4, -0.2) is 31.5 Å². The average molecular weight is 424 g/mol. The maximum atomic E-state index is 12.7. The molecule has 1 heterocycles. The van der Waals surface area contributed by atoms with Crippen molar-refractivity contribution in [3.63, 3.8) is 0 Å². The number of nitrogens with two attached hydrogens (primary N) is 1. The Morgan fingerprint density at radius 3 is 2.50 bits per heavy atom. The second-order valence-electron chi connectivity index (χ2n) is 6.47. The van der Waals surface area contributed by atoms with Gasteiger partial charge in [-0.1, -0.05) is 12.1 Å². The van der Waals surface area contributed by atoms with Crippen molar-refractivity contribution in [1.82, 2.24) is 9.97 Å². The van der Waals surface area contributed by atoms with Gasteiger partial charge in [0.05, 0.1) is 28.5 Å². The molecule has 0 aliphatic rings. The number of nitrogen functional groups attached to an aromatic ring is 1. The molecule has 30 heavy (non-hydrogen) atoms. The molecule has 0 aliphatic carbocycles. The third-order valence-electron chi connectivity index (χ3n) is 4.55. The maximum absolute atomic E-state index is 12.7. The minimum absolute atomic E-state index is 0.000825.